The van der Waals surface area contributed by atoms with Gasteiger partial charge in [-0.05, 0) is 13.8 Å². The number of aromatic nitrogens is 2. The lowest BCUT2D eigenvalue weighted by molar-refractivity contribution is -0.120. The number of carboxylic acid groups (broad SMARTS) is 1. The van der Waals surface area contributed by atoms with E-state index in [0.717, 1.165) is 6.20 Å². The van der Waals surface area contributed by atoms with E-state index in [1.807, 2.05) is 13.8 Å². The lowest BCUT2D eigenvalue weighted by Crippen LogP contribution is -2.39. The maximum absolute atomic E-state index is 11.5. The third-order valence-corrected chi connectivity index (χ3v) is 2.06. The van der Waals surface area contributed by atoms with E-state index in [2.05, 4.69) is 15.3 Å². The Morgan fingerprint density at radius 1 is 1.44 bits per heavy atom. The molecule has 18 heavy (non-hydrogen) atoms. The van der Waals surface area contributed by atoms with Crippen molar-refractivity contribution in [2.45, 2.75) is 19.9 Å². The van der Waals surface area contributed by atoms with Gasteiger partial charge in [-0.25, -0.2) is 9.78 Å². The number of aromatic carboxylic acids is 1. The van der Waals surface area contributed by atoms with Crippen molar-refractivity contribution in [3.8, 4) is 0 Å². The minimum Gasteiger partial charge on any atom is -0.476 e. The van der Waals surface area contributed by atoms with Gasteiger partial charge in [0.25, 0.3) is 0 Å². The van der Waals surface area contributed by atoms with E-state index in [9.17, 15) is 9.59 Å². The van der Waals surface area contributed by atoms with Gasteiger partial charge in [0.2, 0.25) is 5.91 Å². The Bertz CT molecular complexity index is 448. The average molecular weight is 252 g/mol. The molecule has 0 bridgehead atoms. The van der Waals surface area contributed by atoms with Crippen molar-refractivity contribution in [1.29, 1.82) is 0 Å². The largest absolute Gasteiger partial charge is 0.476 e. The second kappa shape index (κ2) is 5.95. The summed E-state index contributed by atoms with van der Waals surface area (Å²) in [5.41, 5.74) is -0.149. The van der Waals surface area contributed by atoms with Crippen LogP contribution in [0, 0.1) is 0 Å². The Morgan fingerprint density at radius 2 is 2.11 bits per heavy atom. The first kappa shape index (κ1) is 13.9. The van der Waals surface area contributed by atoms with E-state index in [1.165, 1.54) is 11.1 Å². The molecule has 0 aliphatic heterocycles. The van der Waals surface area contributed by atoms with E-state index in [4.69, 9.17) is 5.11 Å². The van der Waals surface area contributed by atoms with Crippen LogP contribution in [0.1, 0.15) is 24.3 Å². The molecule has 0 aliphatic rings. The Morgan fingerprint density at radius 3 is 2.67 bits per heavy atom. The number of carbonyl (C=O) groups excluding carboxylic acids is 1. The summed E-state index contributed by atoms with van der Waals surface area (Å²) in [5, 5.41) is 11.5. The molecule has 0 saturated heterocycles. The maximum Gasteiger partial charge on any atom is 0.356 e. The Balaban J connectivity index is 2.72. The van der Waals surface area contributed by atoms with Gasteiger partial charge in [0.05, 0.1) is 18.9 Å². The monoisotopic (exact) mass is 252 g/mol. The highest BCUT2D eigenvalue weighted by Gasteiger charge is 2.12. The van der Waals surface area contributed by atoms with E-state index < -0.39 is 5.97 Å². The second-order valence-electron chi connectivity index (χ2n) is 4.15. The van der Waals surface area contributed by atoms with Crippen LogP contribution < -0.4 is 10.2 Å². The van der Waals surface area contributed by atoms with Crippen molar-refractivity contribution in [1.82, 2.24) is 15.3 Å². The van der Waals surface area contributed by atoms with E-state index in [1.54, 1.807) is 7.05 Å². The molecule has 0 aliphatic carbocycles. The summed E-state index contributed by atoms with van der Waals surface area (Å²) in [4.78, 5) is 31.5. The van der Waals surface area contributed by atoms with Crippen molar-refractivity contribution in [2.75, 3.05) is 18.5 Å². The number of nitrogens with one attached hydrogen (secondary N) is 1. The van der Waals surface area contributed by atoms with Crippen molar-refractivity contribution >= 4 is 17.7 Å². The highest BCUT2D eigenvalue weighted by Crippen LogP contribution is 2.07. The Hall–Kier alpha value is -2.18. The number of hydrogen-bond acceptors (Lipinski definition) is 5. The van der Waals surface area contributed by atoms with Crippen molar-refractivity contribution in [3.05, 3.63) is 18.1 Å². The summed E-state index contributed by atoms with van der Waals surface area (Å²) < 4.78 is 0. The number of rotatable bonds is 5. The van der Waals surface area contributed by atoms with Gasteiger partial charge in [-0.2, -0.15) is 0 Å². The lowest BCUT2D eigenvalue weighted by atomic mass is 10.4. The summed E-state index contributed by atoms with van der Waals surface area (Å²) >= 11 is 0. The normalized spacial score (nSPS) is 10.2. The highest BCUT2D eigenvalue weighted by atomic mass is 16.4. The highest BCUT2D eigenvalue weighted by molar-refractivity contribution is 5.85. The molecule has 2 N–H and O–H groups in total. The molecular formula is C11H16N4O3. The molecular weight excluding hydrogens is 236 g/mol. The first-order valence-corrected chi connectivity index (χ1v) is 5.46. The number of carboxylic acids is 1. The SMILES string of the molecule is CC(C)NC(=O)CN(C)c1cncc(C(=O)O)n1. The van der Waals surface area contributed by atoms with Crippen LogP contribution in [0.5, 0.6) is 0 Å². The summed E-state index contributed by atoms with van der Waals surface area (Å²) in [6.45, 7) is 3.82. The number of likely N-dealkylation sites (N-methyl/N-ethyl adjacent to an activating group) is 1. The first-order chi connectivity index (χ1) is 8.40. The molecule has 0 atom stereocenters. The zero-order valence-corrected chi connectivity index (χ0v) is 10.5. The Kier molecular flexibility index (Phi) is 4.59. The van der Waals surface area contributed by atoms with Crippen LogP contribution in [-0.2, 0) is 4.79 Å². The van der Waals surface area contributed by atoms with Crippen molar-refractivity contribution in [2.24, 2.45) is 0 Å². The standard InChI is InChI=1S/C11H16N4O3/c1-7(2)13-10(16)6-15(3)9-5-12-4-8(14-9)11(17)18/h4-5,7H,6H2,1-3H3,(H,13,16)(H,17,18). The predicted molar refractivity (Wildman–Crippen MR) is 65.5 cm³/mol. The smallest absolute Gasteiger partial charge is 0.356 e. The molecule has 0 spiro atoms. The van der Waals surface area contributed by atoms with Gasteiger partial charge in [0, 0.05) is 13.1 Å². The maximum atomic E-state index is 11.5. The van der Waals surface area contributed by atoms with Gasteiger partial charge < -0.3 is 15.3 Å². The van der Waals surface area contributed by atoms with E-state index in [0.29, 0.717) is 5.82 Å². The number of hydrogen-bond donors (Lipinski definition) is 2. The molecule has 98 valence electrons. The molecule has 0 fully saturated rings. The van der Waals surface area contributed by atoms with Crippen LogP contribution >= 0.6 is 0 Å². The van der Waals surface area contributed by atoms with E-state index in [-0.39, 0.29) is 24.2 Å². The van der Waals surface area contributed by atoms with Crippen LogP contribution in [0.15, 0.2) is 12.4 Å². The molecule has 7 heteroatoms. The molecule has 1 rings (SSSR count). The van der Waals surface area contributed by atoms with E-state index >= 15 is 0 Å². The van der Waals surface area contributed by atoms with Crippen molar-refractivity contribution in [3.63, 3.8) is 0 Å². The fourth-order valence-corrected chi connectivity index (χ4v) is 1.31. The van der Waals surface area contributed by atoms with Crippen LogP contribution in [0.4, 0.5) is 5.82 Å². The van der Waals surface area contributed by atoms with Gasteiger partial charge >= 0.3 is 5.97 Å². The minimum atomic E-state index is -1.15. The molecule has 1 aromatic heterocycles. The first-order valence-electron chi connectivity index (χ1n) is 5.46. The van der Waals surface area contributed by atoms with Crippen LogP contribution in [0.3, 0.4) is 0 Å². The topological polar surface area (TPSA) is 95.4 Å². The zero-order chi connectivity index (χ0) is 13.7. The molecule has 0 unspecified atom stereocenters. The average Bonchev–Trinajstić information content (AvgIpc) is 2.27. The molecule has 1 amide bonds. The fraction of sp³-hybridized carbons (Fsp3) is 0.455. The minimum absolute atomic E-state index is 0.0577. The lowest BCUT2D eigenvalue weighted by Gasteiger charge is -2.18. The van der Waals surface area contributed by atoms with Gasteiger partial charge in [-0.15, -0.1) is 0 Å². The third kappa shape index (κ3) is 4.00. The van der Waals surface area contributed by atoms with Gasteiger partial charge in [0.15, 0.2) is 5.69 Å². The quantitative estimate of drug-likeness (QED) is 0.773. The molecule has 1 aromatic rings. The second-order valence-corrected chi connectivity index (χ2v) is 4.15. The van der Waals surface area contributed by atoms with Gasteiger partial charge in [0.1, 0.15) is 5.82 Å². The summed E-state index contributed by atoms with van der Waals surface area (Å²) in [5.74, 6) is -0.965. The van der Waals surface area contributed by atoms with Crippen LogP contribution in [0.25, 0.3) is 0 Å². The Labute approximate surface area is 105 Å². The van der Waals surface area contributed by atoms with Crippen LogP contribution in [0.2, 0.25) is 0 Å². The summed E-state index contributed by atoms with van der Waals surface area (Å²) in [7, 11) is 1.65. The van der Waals surface area contributed by atoms with Gasteiger partial charge in [-0.3, -0.25) is 9.78 Å². The molecule has 0 radical (unpaired) electrons. The molecule has 0 saturated carbocycles. The summed E-state index contributed by atoms with van der Waals surface area (Å²) in [6, 6.07) is 0.0577. The fourth-order valence-electron chi connectivity index (χ4n) is 1.31. The predicted octanol–water partition coefficient (Wildman–Crippen LogP) is 0.136. The number of nitrogens with zero attached hydrogens (tertiary/aromatic N) is 3. The summed E-state index contributed by atoms with van der Waals surface area (Å²) in [6.07, 6.45) is 2.57. The zero-order valence-electron chi connectivity index (χ0n) is 10.5. The molecule has 1 heterocycles. The number of anilines is 1. The molecule has 7 nitrogen and oxygen atoms in total. The number of carbonyl (C=O) groups is 2. The number of amides is 1. The van der Waals surface area contributed by atoms with Crippen molar-refractivity contribution < 1.29 is 14.7 Å². The van der Waals surface area contributed by atoms with Crippen LogP contribution in [-0.4, -0.2) is 46.6 Å². The molecule has 0 aromatic carbocycles. The van der Waals surface area contributed by atoms with Gasteiger partial charge in [-0.1, -0.05) is 0 Å². The third-order valence-electron chi connectivity index (χ3n) is 2.06.